The summed E-state index contributed by atoms with van der Waals surface area (Å²) in [7, 11) is 0. The first-order valence-electron chi connectivity index (χ1n) is 7.28. The minimum absolute atomic E-state index is 0.0251. The fourth-order valence-electron chi connectivity index (χ4n) is 2.36. The van der Waals surface area contributed by atoms with Crippen LogP contribution in [0.1, 0.15) is 43.0 Å². The molecule has 1 aliphatic rings. The van der Waals surface area contributed by atoms with Crippen LogP contribution in [0.15, 0.2) is 30.3 Å². The number of amides is 1. The van der Waals surface area contributed by atoms with Gasteiger partial charge in [-0.15, -0.1) is 0 Å². The van der Waals surface area contributed by atoms with E-state index in [0.29, 0.717) is 9.49 Å². The third-order valence-corrected chi connectivity index (χ3v) is 5.05. The first-order valence-corrected chi connectivity index (χ1v) is 8.53. The molecule has 1 saturated carbocycles. The summed E-state index contributed by atoms with van der Waals surface area (Å²) in [6.07, 6.45) is 4.27. The number of carbonyl (C=O) groups excluding carboxylic acids is 2. The third-order valence-electron chi connectivity index (χ3n) is 3.63. The van der Waals surface area contributed by atoms with E-state index in [1.54, 1.807) is 31.2 Å². The molecule has 0 bridgehead atoms. The van der Waals surface area contributed by atoms with Crippen molar-refractivity contribution < 1.29 is 14.3 Å². The van der Waals surface area contributed by atoms with Crippen LogP contribution in [0.2, 0.25) is 0 Å². The number of hydrogen-bond donors (Lipinski definition) is 1. The van der Waals surface area contributed by atoms with Crippen molar-refractivity contribution >= 4 is 34.5 Å². The molecule has 1 N–H and O–H groups in total. The maximum absolute atomic E-state index is 12.1. The van der Waals surface area contributed by atoms with Crippen molar-refractivity contribution in [3.05, 3.63) is 35.9 Å². The van der Waals surface area contributed by atoms with Crippen LogP contribution in [-0.4, -0.2) is 27.9 Å². The number of carbonyl (C=O) groups is 2. The highest BCUT2D eigenvalue weighted by Crippen LogP contribution is 2.27. The van der Waals surface area contributed by atoms with Gasteiger partial charge in [0.25, 0.3) is 5.91 Å². The third kappa shape index (κ3) is 4.69. The van der Waals surface area contributed by atoms with Gasteiger partial charge < -0.3 is 10.1 Å². The Morgan fingerprint density at radius 1 is 1.24 bits per heavy atom. The lowest BCUT2D eigenvalue weighted by Gasteiger charge is -2.28. The van der Waals surface area contributed by atoms with Gasteiger partial charge in [0.15, 0.2) is 0 Å². The van der Waals surface area contributed by atoms with Crippen LogP contribution in [0.5, 0.6) is 0 Å². The molecule has 0 spiro atoms. The largest absolute Gasteiger partial charge is 0.460 e. The monoisotopic (exact) mass is 401 g/mol. The zero-order chi connectivity index (χ0) is 15.2. The fourth-order valence-corrected chi connectivity index (χ4v) is 3.31. The van der Waals surface area contributed by atoms with Crippen molar-refractivity contribution in [2.24, 2.45) is 0 Å². The molecule has 1 aliphatic carbocycles. The topological polar surface area (TPSA) is 55.4 Å². The van der Waals surface area contributed by atoms with E-state index in [-0.39, 0.29) is 18.0 Å². The summed E-state index contributed by atoms with van der Waals surface area (Å²) < 4.78 is 5.91. The number of esters is 1. The van der Waals surface area contributed by atoms with E-state index in [4.69, 9.17) is 4.74 Å². The second-order valence-corrected chi connectivity index (χ2v) is 6.94. The van der Waals surface area contributed by atoms with Crippen molar-refractivity contribution in [2.45, 2.75) is 48.7 Å². The summed E-state index contributed by atoms with van der Waals surface area (Å²) >= 11 is 2.35. The molecule has 21 heavy (non-hydrogen) atoms. The average molecular weight is 401 g/mol. The molecule has 0 aliphatic heterocycles. The molecule has 5 heteroatoms. The van der Waals surface area contributed by atoms with E-state index < -0.39 is 6.04 Å². The van der Waals surface area contributed by atoms with Crippen LogP contribution < -0.4 is 5.32 Å². The number of hydrogen-bond acceptors (Lipinski definition) is 3. The quantitative estimate of drug-likeness (QED) is 0.479. The van der Waals surface area contributed by atoms with Crippen LogP contribution in [-0.2, 0) is 9.53 Å². The van der Waals surface area contributed by atoms with Gasteiger partial charge in [0, 0.05) is 9.49 Å². The maximum atomic E-state index is 12.1. The number of benzene rings is 1. The van der Waals surface area contributed by atoms with Gasteiger partial charge in [0.2, 0.25) is 0 Å². The second kappa shape index (κ2) is 7.77. The van der Waals surface area contributed by atoms with E-state index in [1.807, 2.05) is 6.07 Å². The van der Waals surface area contributed by atoms with E-state index >= 15 is 0 Å². The van der Waals surface area contributed by atoms with Crippen molar-refractivity contribution in [3.63, 3.8) is 0 Å². The van der Waals surface area contributed by atoms with E-state index in [0.717, 1.165) is 19.3 Å². The van der Waals surface area contributed by atoms with Gasteiger partial charge in [-0.2, -0.15) is 0 Å². The van der Waals surface area contributed by atoms with Gasteiger partial charge in [-0.25, -0.2) is 4.79 Å². The zero-order valence-electron chi connectivity index (χ0n) is 12.0. The summed E-state index contributed by atoms with van der Waals surface area (Å²) in [6.45, 7) is 1.66. The Bertz CT molecular complexity index is 492. The van der Waals surface area contributed by atoms with Crippen LogP contribution in [0.4, 0.5) is 0 Å². The standard InChI is InChI=1S/C16H20INO3/c1-11(18-15(19)12-7-3-2-4-8-12)16(20)21-14-10-6-5-9-13(14)17/h2-4,7-8,11,13-14H,5-6,9-10H2,1H3,(H,18,19)/t11-,13+,14+/m0/s1. The molecular weight excluding hydrogens is 381 g/mol. The number of nitrogens with one attached hydrogen (secondary N) is 1. The molecule has 1 amide bonds. The van der Waals surface area contributed by atoms with Crippen molar-refractivity contribution in [1.82, 2.24) is 5.32 Å². The molecule has 4 nitrogen and oxygen atoms in total. The van der Waals surface area contributed by atoms with E-state index in [2.05, 4.69) is 27.9 Å². The first kappa shape index (κ1) is 16.3. The lowest BCUT2D eigenvalue weighted by atomic mass is 9.97. The maximum Gasteiger partial charge on any atom is 0.328 e. The minimum Gasteiger partial charge on any atom is -0.460 e. The summed E-state index contributed by atoms with van der Waals surface area (Å²) in [5.41, 5.74) is 0.543. The highest BCUT2D eigenvalue weighted by atomic mass is 127. The van der Waals surface area contributed by atoms with Crippen molar-refractivity contribution in [3.8, 4) is 0 Å². The molecule has 0 radical (unpaired) electrons. The molecule has 0 aromatic heterocycles. The predicted molar refractivity (Wildman–Crippen MR) is 89.5 cm³/mol. The van der Waals surface area contributed by atoms with Gasteiger partial charge in [-0.3, -0.25) is 4.79 Å². The number of halogens is 1. The molecule has 3 atom stereocenters. The van der Waals surface area contributed by atoms with Crippen LogP contribution in [0.25, 0.3) is 0 Å². The highest BCUT2D eigenvalue weighted by molar-refractivity contribution is 14.1. The minimum atomic E-state index is -0.636. The Labute approximate surface area is 138 Å². The Morgan fingerprint density at radius 2 is 1.90 bits per heavy atom. The normalized spacial score (nSPS) is 23.1. The molecule has 0 heterocycles. The molecular formula is C16H20INO3. The van der Waals surface area contributed by atoms with Crippen LogP contribution in [0.3, 0.4) is 0 Å². The molecule has 114 valence electrons. The predicted octanol–water partition coefficient (Wildman–Crippen LogP) is 3.09. The summed E-state index contributed by atoms with van der Waals surface area (Å²) in [4.78, 5) is 24.1. The highest BCUT2D eigenvalue weighted by Gasteiger charge is 2.28. The Morgan fingerprint density at radius 3 is 2.57 bits per heavy atom. The number of ether oxygens (including phenoxy) is 1. The van der Waals surface area contributed by atoms with Gasteiger partial charge in [-0.1, -0.05) is 47.2 Å². The molecule has 1 aromatic carbocycles. The Kier molecular flexibility index (Phi) is 6.02. The van der Waals surface area contributed by atoms with Gasteiger partial charge in [0.1, 0.15) is 12.1 Å². The van der Waals surface area contributed by atoms with Gasteiger partial charge >= 0.3 is 5.97 Å². The lowest BCUT2D eigenvalue weighted by molar-refractivity contribution is -0.151. The van der Waals surface area contributed by atoms with Gasteiger partial charge in [0.05, 0.1) is 0 Å². The number of alkyl halides is 1. The molecule has 0 saturated heterocycles. The van der Waals surface area contributed by atoms with E-state index in [9.17, 15) is 9.59 Å². The smallest absolute Gasteiger partial charge is 0.328 e. The zero-order valence-corrected chi connectivity index (χ0v) is 14.2. The molecule has 1 aromatic rings. The van der Waals surface area contributed by atoms with E-state index in [1.165, 1.54) is 6.42 Å². The summed E-state index contributed by atoms with van der Waals surface area (Å²) in [5, 5.41) is 2.68. The lowest BCUT2D eigenvalue weighted by Crippen LogP contribution is -2.42. The van der Waals surface area contributed by atoms with Crippen LogP contribution in [0, 0.1) is 0 Å². The molecule has 1 fully saturated rings. The Hall–Kier alpha value is -1.11. The number of rotatable bonds is 4. The first-order chi connectivity index (χ1) is 10.1. The van der Waals surface area contributed by atoms with Crippen LogP contribution >= 0.6 is 22.6 Å². The molecule has 0 unspecified atom stereocenters. The molecule has 2 rings (SSSR count). The van der Waals surface area contributed by atoms with Crippen molar-refractivity contribution in [1.29, 1.82) is 0 Å². The van der Waals surface area contributed by atoms with Gasteiger partial charge in [-0.05, 0) is 38.3 Å². The average Bonchev–Trinajstić information content (AvgIpc) is 2.50. The fraction of sp³-hybridized carbons (Fsp3) is 0.500. The van der Waals surface area contributed by atoms with Crippen molar-refractivity contribution in [2.75, 3.05) is 0 Å². The Balaban J connectivity index is 1.86. The SMILES string of the molecule is C[C@H](NC(=O)c1ccccc1)C(=O)O[C@@H]1CCCC[C@H]1I. The summed E-state index contributed by atoms with van der Waals surface area (Å²) in [6, 6.07) is 8.23. The second-order valence-electron chi connectivity index (χ2n) is 5.34. The summed E-state index contributed by atoms with van der Waals surface area (Å²) in [5.74, 6) is -0.609.